The average Bonchev–Trinajstić information content (AvgIpc) is 1.51. The number of nitriles is 8. The molecule has 8 nitrogen and oxygen atoms in total. The van der Waals surface area contributed by atoms with Gasteiger partial charge in [-0.15, -0.1) is 0 Å². The highest BCUT2D eigenvalue weighted by Gasteiger charge is 2.54. The lowest BCUT2D eigenvalue weighted by molar-refractivity contribution is 0.402. The van der Waals surface area contributed by atoms with E-state index in [1.54, 1.807) is 0 Å². The van der Waals surface area contributed by atoms with Crippen LogP contribution in [0, 0.1) is 195 Å². The van der Waals surface area contributed by atoms with Gasteiger partial charge in [0.15, 0.2) is 93.1 Å². The van der Waals surface area contributed by atoms with Crippen molar-refractivity contribution in [1.82, 2.24) is 0 Å². The monoisotopic (exact) mass is 1160 g/mol. The van der Waals surface area contributed by atoms with Crippen LogP contribution in [0.15, 0.2) is 48.5 Å². The van der Waals surface area contributed by atoms with Gasteiger partial charge in [0.25, 0.3) is 0 Å². The minimum absolute atomic E-state index is 0.511. The van der Waals surface area contributed by atoms with Gasteiger partial charge in [-0.25, -0.2) is 79.0 Å². The quantitative estimate of drug-likeness (QED) is 0.106. The van der Waals surface area contributed by atoms with Crippen LogP contribution in [0.5, 0.6) is 0 Å². The molecule has 0 saturated heterocycles. The lowest BCUT2D eigenvalue weighted by Crippen LogP contribution is -2.25. The second-order valence-electron chi connectivity index (χ2n) is 17.9. The third-order valence-corrected chi connectivity index (χ3v) is 14.2. The van der Waals surface area contributed by atoms with E-state index >= 15 is 70.2 Å². The van der Waals surface area contributed by atoms with Crippen LogP contribution in [-0.4, -0.2) is 0 Å². The van der Waals surface area contributed by atoms with Gasteiger partial charge in [-0.3, -0.25) is 0 Å². The van der Waals surface area contributed by atoms with Gasteiger partial charge < -0.3 is 0 Å². The van der Waals surface area contributed by atoms with Gasteiger partial charge >= 0.3 is 0 Å². The molecule has 9 rings (SSSR count). The minimum Gasteiger partial charge on any atom is -0.207 e. The van der Waals surface area contributed by atoms with Crippen molar-refractivity contribution in [1.29, 1.82) is 42.1 Å². The molecule has 0 aromatic heterocycles. The Morgan fingerprint density at radius 3 is 0.643 bits per heavy atom. The summed E-state index contributed by atoms with van der Waals surface area (Å²) in [6, 6.07) is 13.3. The van der Waals surface area contributed by atoms with E-state index in [0.717, 1.165) is 24.3 Å². The number of rotatable bonds is 8. The van der Waals surface area contributed by atoms with Gasteiger partial charge in [0, 0.05) is 57.1 Å². The molecular formula is C58H12F18N8. The number of allylic oxidation sites excluding steroid dienone is 4. The van der Waals surface area contributed by atoms with Crippen molar-refractivity contribution in [3.05, 3.63) is 242 Å². The standard InChI is InChI=1S/C58H12F18N8/c59-19-5-1-17(2-6-19)29-21(9-77)31-23(11-79)34-32(24(12-80)33(31)35(29)37(39-51(69)43(61)25(13-81)44(62)52(39)70)40-53(71)45(63)26(14-82)46(64)54(40)72)22(10-78)30(18-3-7-20(60)8-4-18)36(34)38(41-55(73)47(65)27(15-83)48(66)56(41)74)42-57(75)49(67)28(16-84)50(68)58(42)76/h1-8,35-38H. The van der Waals surface area contributed by atoms with Crippen LogP contribution in [0.4, 0.5) is 79.0 Å². The summed E-state index contributed by atoms with van der Waals surface area (Å²) < 4.78 is 294. The molecule has 0 fully saturated rings. The largest absolute Gasteiger partial charge is 0.207 e. The first-order valence-corrected chi connectivity index (χ1v) is 22.8. The van der Waals surface area contributed by atoms with Gasteiger partial charge in [-0.2, -0.15) is 42.1 Å². The Morgan fingerprint density at radius 1 is 0.262 bits per heavy atom. The number of halogens is 18. The van der Waals surface area contributed by atoms with E-state index in [1.165, 1.54) is 24.3 Å². The molecule has 0 bridgehead atoms. The molecule has 0 spiro atoms. The molecule has 0 amide bonds. The smallest absolute Gasteiger partial charge is 0.180 e. The maximum Gasteiger partial charge on any atom is 0.180 e. The normalized spacial score (nSPS) is 14.1. The molecule has 0 radical (unpaired) electrons. The highest BCUT2D eigenvalue weighted by atomic mass is 19.2. The molecular weight excluding hydrogens is 1150 g/mol. The summed E-state index contributed by atoms with van der Waals surface area (Å²) in [6.07, 6.45) is 0. The Kier molecular flexibility index (Phi) is 14.3. The minimum atomic E-state index is -3.66. The molecule has 7 aromatic carbocycles. The van der Waals surface area contributed by atoms with E-state index in [0.29, 0.717) is 48.5 Å². The third-order valence-electron chi connectivity index (χ3n) is 14.2. The van der Waals surface area contributed by atoms with Crippen LogP contribution in [0.1, 0.15) is 113 Å². The average molecular weight is 1160 g/mol. The number of nitrogens with zero attached hydrogens (tertiary/aromatic N) is 8. The lowest BCUT2D eigenvalue weighted by Gasteiger charge is -2.32. The fourth-order valence-corrected chi connectivity index (χ4v) is 10.9. The predicted molar refractivity (Wildman–Crippen MR) is 247 cm³/mol. The molecule has 7 aromatic rings. The molecule has 0 heterocycles. The molecule has 84 heavy (non-hydrogen) atoms. The number of hydrogen-bond donors (Lipinski definition) is 0. The summed E-state index contributed by atoms with van der Waals surface area (Å²) in [5, 5.41) is 83.5. The molecule has 26 heteroatoms. The van der Waals surface area contributed by atoms with E-state index in [9.17, 15) is 50.9 Å². The summed E-state index contributed by atoms with van der Waals surface area (Å²) in [5.41, 5.74) is -33.2. The molecule has 0 saturated carbocycles. The Labute approximate surface area is 456 Å². The second kappa shape index (κ2) is 21.0. The van der Waals surface area contributed by atoms with E-state index < -0.39 is 240 Å². The molecule has 0 aliphatic heterocycles. The Morgan fingerprint density at radius 2 is 0.464 bits per heavy atom. The predicted octanol–water partition coefficient (Wildman–Crippen LogP) is 14.1. The van der Waals surface area contributed by atoms with E-state index in [-0.39, 0.29) is 0 Å². The summed E-state index contributed by atoms with van der Waals surface area (Å²) in [6.45, 7) is 0. The summed E-state index contributed by atoms with van der Waals surface area (Å²) in [4.78, 5) is 0. The van der Waals surface area contributed by atoms with Crippen LogP contribution < -0.4 is 0 Å². The van der Waals surface area contributed by atoms with Crippen LogP contribution in [0.2, 0.25) is 0 Å². The zero-order valence-corrected chi connectivity index (χ0v) is 40.3. The van der Waals surface area contributed by atoms with Gasteiger partial charge in [-0.05, 0) is 57.7 Å². The van der Waals surface area contributed by atoms with Crippen LogP contribution in [0.25, 0.3) is 22.3 Å². The van der Waals surface area contributed by atoms with Gasteiger partial charge in [-0.1, -0.05) is 24.3 Å². The van der Waals surface area contributed by atoms with Crippen molar-refractivity contribution < 1.29 is 79.0 Å². The van der Waals surface area contributed by atoms with E-state index in [1.807, 2.05) is 0 Å². The first-order chi connectivity index (χ1) is 39.9. The second-order valence-corrected chi connectivity index (χ2v) is 17.9. The summed E-state index contributed by atoms with van der Waals surface area (Å²) in [7, 11) is 0. The van der Waals surface area contributed by atoms with Crippen LogP contribution >= 0.6 is 0 Å². The highest BCUT2D eigenvalue weighted by molar-refractivity contribution is 6.13. The fraction of sp³-hybridized carbons (Fsp3) is 0.0690. The molecule has 2 aliphatic rings. The zero-order chi connectivity index (χ0) is 61.6. The van der Waals surface area contributed by atoms with Gasteiger partial charge in [0.2, 0.25) is 0 Å². The van der Waals surface area contributed by atoms with E-state index in [4.69, 9.17) is 0 Å². The number of fused-ring (bicyclic) bond motifs is 2. The lowest BCUT2D eigenvalue weighted by atomic mass is 9.69. The Bertz CT molecular complexity index is 4080. The first-order valence-electron chi connectivity index (χ1n) is 22.8. The van der Waals surface area contributed by atoms with Crippen molar-refractivity contribution >= 4 is 22.3 Å². The SMILES string of the molecule is N#CC1=C(c2ccc(F)cc2)C(C(c2c(F)c(F)c(C#N)c(F)c2F)c2c(F)c(F)c(C#N)c(F)c2F)c2c(C#N)c3c(c(C#N)c21)C(C(c1c(F)c(F)c(C#N)c(F)c1F)c1c(F)c(F)c(C#N)c(F)c1F)C(c1ccc(F)cc1)=C3C#N. The van der Waals surface area contributed by atoms with Gasteiger partial charge in [0.05, 0.1) is 22.3 Å². The van der Waals surface area contributed by atoms with Crippen molar-refractivity contribution in [3.63, 3.8) is 0 Å². The van der Waals surface area contributed by atoms with Crippen molar-refractivity contribution in [2.75, 3.05) is 0 Å². The Hall–Kier alpha value is -11.3. The molecule has 0 N–H and O–H groups in total. The maximum absolute atomic E-state index is 17.0. The fourth-order valence-electron chi connectivity index (χ4n) is 10.9. The number of benzene rings is 7. The summed E-state index contributed by atoms with van der Waals surface area (Å²) in [5.74, 6) is -60.4. The molecule has 410 valence electrons. The van der Waals surface area contributed by atoms with Crippen molar-refractivity contribution in [3.8, 4) is 48.6 Å². The van der Waals surface area contributed by atoms with E-state index in [2.05, 4.69) is 0 Å². The molecule has 2 aliphatic carbocycles. The first kappa shape index (κ1) is 57.4. The molecule has 2 atom stereocenters. The van der Waals surface area contributed by atoms with Crippen LogP contribution in [0.3, 0.4) is 0 Å². The summed E-state index contributed by atoms with van der Waals surface area (Å²) >= 11 is 0. The van der Waals surface area contributed by atoms with Crippen molar-refractivity contribution in [2.45, 2.75) is 23.7 Å². The van der Waals surface area contributed by atoms with Crippen molar-refractivity contribution in [2.24, 2.45) is 0 Å². The third kappa shape index (κ3) is 7.88. The van der Waals surface area contributed by atoms with Crippen LogP contribution in [-0.2, 0) is 0 Å². The number of hydrogen-bond acceptors (Lipinski definition) is 8. The molecule has 2 unspecified atom stereocenters. The highest BCUT2D eigenvalue weighted by Crippen LogP contribution is 2.65. The Balaban J connectivity index is 1.62. The zero-order valence-electron chi connectivity index (χ0n) is 40.3. The topological polar surface area (TPSA) is 190 Å². The van der Waals surface area contributed by atoms with Gasteiger partial charge in [0.1, 0.15) is 82.4 Å². The maximum atomic E-state index is 17.0.